The van der Waals surface area contributed by atoms with Crippen LogP contribution >= 0.6 is 0 Å². The molecule has 1 unspecified atom stereocenters. The molecule has 2 aliphatic carbocycles. The Bertz CT molecular complexity index is 3860. The predicted octanol–water partition coefficient (Wildman–Crippen LogP) is 14.8. The molecule has 65 heavy (non-hydrogen) atoms. The summed E-state index contributed by atoms with van der Waals surface area (Å²) in [4.78, 5) is 20.1. The lowest BCUT2D eigenvalue weighted by molar-refractivity contribution is 0.777. The van der Waals surface area contributed by atoms with Crippen molar-refractivity contribution in [2.75, 3.05) is 0 Å². The minimum atomic E-state index is -0.697. The van der Waals surface area contributed by atoms with Crippen molar-refractivity contribution in [3.63, 3.8) is 0 Å². The summed E-state index contributed by atoms with van der Waals surface area (Å²) in [6, 6.07) is 75.2. The number of aromatic nitrogens is 4. The van der Waals surface area contributed by atoms with E-state index in [9.17, 15) is 0 Å². The average Bonchev–Trinajstić information content (AvgIpc) is 3.63. The van der Waals surface area contributed by atoms with Crippen LogP contribution in [0.3, 0.4) is 0 Å². The van der Waals surface area contributed by atoms with E-state index < -0.39 is 5.41 Å². The van der Waals surface area contributed by atoms with Crippen LogP contribution in [0.5, 0.6) is 0 Å². The van der Waals surface area contributed by atoms with E-state index in [1.807, 2.05) is 30.5 Å². The van der Waals surface area contributed by atoms with Crippen molar-refractivity contribution in [2.24, 2.45) is 0 Å². The number of fused-ring (bicyclic) bond motifs is 13. The van der Waals surface area contributed by atoms with Gasteiger partial charge in [-0.2, -0.15) is 0 Å². The van der Waals surface area contributed by atoms with Crippen LogP contribution in [0.25, 0.3) is 111 Å². The number of pyridine rings is 1. The molecule has 0 N–H and O–H groups in total. The molecule has 1 spiro atoms. The lowest BCUT2D eigenvalue weighted by Crippen LogP contribution is -2.29. The largest absolute Gasteiger partial charge is 0.264 e. The molecule has 4 nitrogen and oxygen atoms in total. The molecular formula is C61H36N4. The summed E-state index contributed by atoms with van der Waals surface area (Å²) in [5.74, 6) is 1.87. The van der Waals surface area contributed by atoms with Gasteiger partial charge in [-0.15, -0.1) is 0 Å². The second-order valence-corrected chi connectivity index (χ2v) is 17.3. The molecule has 10 aromatic carbocycles. The Morgan fingerprint density at radius 3 is 1.58 bits per heavy atom. The maximum atomic E-state index is 5.33. The summed E-state index contributed by atoms with van der Waals surface area (Å²) in [5, 5.41) is 7.71. The van der Waals surface area contributed by atoms with Crippen LogP contribution in [0.15, 0.2) is 219 Å². The Balaban J connectivity index is 1.07. The summed E-state index contributed by atoms with van der Waals surface area (Å²) >= 11 is 0. The summed E-state index contributed by atoms with van der Waals surface area (Å²) in [5.41, 5.74) is 16.7. The van der Waals surface area contributed by atoms with Gasteiger partial charge in [-0.05, 0) is 117 Å². The SMILES string of the molecule is c1ccc(-c2nc(-c3ccc(-c4cccnc4)cc3)nc(-c3ccc4c(c3)C3(c5ccccc5-c5ccccc5-4)c4ccccc4-c4c3cc3ccc5cccc6ccc4c3c56)n2)cc1. The van der Waals surface area contributed by atoms with Gasteiger partial charge in [0.1, 0.15) is 0 Å². The van der Waals surface area contributed by atoms with Crippen LogP contribution in [0.2, 0.25) is 0 Å². The third-order valence-electron chi connectivity index (χ3n) is 14.0. The summed E-state index contributed by atoms with van der Waals surface area (Å²) in [6.07, 6.45) is 3.69. The number of benzene rings is 10. The zero-order chi connectivity index (χ0) is 42.6. The Kier molecular flexibility index (Phi) is 7.57. The first-order chi connectivity index (χ1) is 32.2. The first kappa shape index (κ1) is 35.9. The molecule has 0 saturated heterocycles. The van der Waals surface area contributed by atoms with E-state index in [0.717, 1.165) is 27.8 Å². The van der Waals surface area contributed by atoms with Crippen molar-refractivity contribution in [3.8, 4) is 78.7 Å². The minimum Gasteiger partial charge on any atom is -0.264 e. The number of hydrogen-bond acceptors (Lipinski definition) is 4. The van der Waals surface area contributed by atoms with Crippen molar-refractivity contribution < 1.29 is 0 Å². The average molecular weight is 825 g/mol. The van der Waals surface area contributed by atoms with Crippen LogP contribution in [-0.4, -0.2) is 19.9 Å². The second-order valence-electron chi connectivity index (χ2n) is 17.3. The molecule has 0 fully saturated rings. The molecule has 2 aliphatic rings. The van der Waals surface area contributed by atoms with E-state index in [2.05, 4.69) is 187 Å². The lowest BCUT2D eigenvalue weighted by atomic mass is 9.65. The molecule has 2 aromatic heterocycles. The van der Waals surface area contributed by atoms with E-state index in [0.29, 0.717) is 17.5 Å². The standard InChI is InChI=1S/C61H36N4/c1-2-12-40(13-3-1)58-63-59(41-26-23-37(24-27-41)44-16-11-33-62-36-44)65-60(64-58)43-30-31-48-46-18-5-4-17-45(46)47-19-6-8-21-51(47)61(53(48)35-43)52-22-9-7-20-49(52)57-50-32-29-39-15-10-14-38-25-28-42(34-54(57)61)56(50)55(38)39/h1-36H. The molecule has 0 bridgehead atoms. The Hall–Kier alpha value is -8.60. The van der Waals surface area contributed by atoms with Gasteiger partial charge in [-0.3, -0.25) is 4.98 Å². The van der Waals surface area contributed by atoms with Crippen molar-refractivity contribution >= 4 is 32.3 Å². The van der Waals surface area contributed by atoms with Gasteiger partial charge < -0.3 is 0 Å². The molecule has 0 amide bonds. The molecule has 1 atom stereocenters. The smallest absolute Gasteiger partial charge is 0.164 e. The molecule has 14 rings (SSSR count). The van der Waals surface area contributed by atoms with E-state index in [-0.39, 0.29) is 0 Å². The fraction of sp³-hybridized carbons (Fsp3) is 0.0164. The topological polar surface area (TPSA) is 51.6 Å². The highest BCUT2D eigenvalue weighted by Gasteiger charge is 2.50. The quantitative estimate of drug-likeness (QED) is 0.166. The first-order valence-corrected chi connectivity index (χ1v) is 22.2. The summed E-state index contributed by atoms with van der Waals surface area (Å²) in [7, 11) is 0. The molecule has 0 aliphatic heterocycles. The molecular weight excluding hydrogens is 789 g/mol. The van der Waals surface area contributed by atoms with Crippen molar-refractivity contribution in [3.05, 3.63) is 241 Å². The Morgan fingerprint density at radius 1 is 0.308 bits per heavy atom. The third-order valence-corrected chi connectivity index (χ3v) is 14.0. The Morgan fingerprint density at radius 2 is 0.862 bits per heavy atom. The third kappa shape index (κ3) is 5.13. The molecule has 0 radical (unpaired) electrons. The molecule has 4 heteroatoms. The van der Waals surface area contributed by atoms with Crippen LogP contribution in [0.1, 0.15) is 22.3 Å². The van der Waals surface area contributed by atoms with Crippen molar-refractivity contribution in [2.45, 2.75) is 5.41 Å². The number of rotatable bonds is 4. The van der Waals surface area contributed by atoms with Crippen LogP contribution in [0.4, 0.5) is 0 Å². The van der Waals surface area contributed by atoms with Gasteiger partial charge in [0.25, 0.3) is 0 Å². The number of hydrogen-bond donors (Lipinski definition) is 0. The number of nitrogens with zero attached hydrogens (tertiary/aromatic N) is 4. The van der Waals surface area contributed by atoms with Gasteiger partial charge in [0.15, 0.2) is 17.5 Å². The summed E-state index contributed by atoms with van der Waals surface area (Å²) in [6.45, 7) is 0. The highest BCUT2D eigenvalue weighted by Crippen LogP contribution is 2.63. The van der Waals surface area contributed by atoms with E-state index >= 15 is 0 Å². The summed E-state index contributed by atoms with van der Waals surface area (Å²) < 4.78 is 0. The fourth-order valence-electron chi connectivity index (χ4n) is 11.2. The molecule has 0 saturated carbocycles. The van der Waals surface area contributed by atoms with Gasteiger partial charge in [-0.25, -0.2) is 15.0 Å². The van der Waals surface area contributed by atoms with Gasteiger partial charge in [0.05, 0.1) is 5.41 Å². The lowest BCUT2D eigenvalue weighted by Gasteiger charge is -2.36. The van der Waals surface area contributed by atoms with Crippen LogP contribution in [0, 0.1) is 0 Å². The molecule has 2 heterocycles. The molecule has 12 aromatic rings. The van der Waals surface area contributed by atoms with Gasteiger partial charge in [-0.1, -0.05) is 188 Å². The second kappa shape index (κ2) is 13.7. The highest BCUT2D eigenvalue weighted by atomic mass is 15.0. The van der Waals surface area contributed by atoms with Crippen LogP contribution in [-0.2, 0) is 5.41 Å². The zero-order valence-electron chi connectivity index (χ0n) is 35.1. The van der Waals surface area contributed by atoms with E-state index in [4.69, 9.17) is 15.0 Å². The molecule has 300 valence electrons. The van der Waals surface area contributed by atoms with Crippen molar-refractivity contribution in [1.29, 1.82) is 0 Å². The zero-order valence-corrected chi connectivity index (χ0v) is 35.1. The van der Waals surface area contributed by atoms with Crippen LogP contribution < -0.4 is 0 Å². The van der Waals surface area contributed by atoms with E-state index in [1.165, 1.54) is 88.0 Å². The highest BCUT2D eigenvalue weighted by molar-refractivity contribution is 6.27. The van der Waals surface area contributed by atoms with Crippen molar-refractivity contribution in [1.82, 2.24) is 19.9 Å². The maximum Gasteiger partial charge on any atom is 0.164 e. The van der Waals surface area contributed by atoms with E-state index in [1.54, 1.807) is 6.20 Å². The predicted molar refractivity (Wildman–Crippen MR) is 265 cm³/mol. The Labute approximate surface area is 375 Å². The first-order valence-electron chi connectivity index (χ1n) is 22.2. The normalized spacial score (nSPS) is 14.5. The van der Waals surface area contributed by atoms with Gasteiger partial charge in [0, 0.05) is 29.1 Å². The van der Waals surface area contributed by atoms with Gasteiger partial charge >= 0.3 is 0 Å². The van der Waals surface area contributed by atoms with Gasteiger partial charge in [0.2, 0.25) is 0 Å². The fourth-order valence-corrected chi connectivity index (χ4v) is 11.2. The maximum absolute atomic E-state index is 5.33. The monoisotopic (exact) mass is 824 g/mol. The minimum absolute atomic E-state index is 0.618.